The summed E-state index contributed by atoms with van der Waals surface area (Å²) in [6, 6.07) is 12.0. The SMILES string of the molecule is Cc1ccc(S[C@H](C)C(=O)NCc2ccc3c(c2)OCO3)c(C)c1. The fourth-order valence-electron chi connectivity index (χ4n) is 2.56. The van der Waals surface area contributed by atoms with Gasteiger partial charge in [-0.05, 0) is 50.1 Å². The van der Waals surface area contributed by atoms with Gasteiger partial charge in [-0.25, -0.2) is 0 Å². The van der Waals surface area contributed by atoms with E-state index in [0.29, 0.717) is 6.54 Å². The molecule has 2 aromatic carbocycles. The van der Waals surface area contributed by atoms with Gasteiger partial charge in [-0.2, -0.15) is 0 Å². The van der Waals surface area contributed by atoms with Crippen LogP contribution in [0.25, 0.3) is 0 Å². The number of thioether (sulfide) groups is 1. The Morgan fingerprint density at radius 3 is 2.75 bits per heavy atom. The number of rotatable bonds is 5. The standard InChI is InChI=1S/C19H21NO3S/c1-12-4-7-18(13(2)8-12)24-14(3)19(21)20-10-15-5-6-16-17(9-15)23-11-22-16/h4-9,14H,10-11H2,1-3H3,(H,20,21)/t14-/m1/s1. The summed E-state index contributed by atoms with van der Waals surface area (Å²) in [7, 11) is 0. The monoisotopic (exact) mass is 343 g/mol. The first-order valence-corrected chi connectivity index (χ1v) is 8.81. The lowest BCUT2D eigenvalue weighted by Crippen LogP contribution is -2.30. The Bertz CT molecular complexity index is 760. The van der Waals surface area contributed by atoms with Crippen molar-refractivity contribution < 1.29 is 14.3 Å². The summed E-state index contributed by atoms with van der Waals surface area (Å²) in [6.45, 7) is 6.82. The Morgan fingerprint density at radius 2 is 1.96 bits per heavy atom. The highest BCUT2D eigenvalue weighted by Gasteiger charge is 2.17. The van der Waals surface area contributed by atoms with Gasteiger partial charge in [0, 0.05) is 11.4 Å². The minimum Gasteiger partial charge on any atom is -0.454 e. The van der Waals surface area contributed by atoms with Gasteiger partial charge in [-0.1, -0.05) is 23.8 Å². The second kappa shape index (κ2) is 7.18. The molecule has 5 heteroatoms. The van der Waals surface area contributed by atoms with Gasteiger partial charge in [0.15, 0.2) is 11.5 Å². The topological polar surface area (TPSA) is 47.6 Å². The van der Waals surface area contributed by atoms with Crippen molar-refractivity contribution >= 4 is 17.7 Å². The molecular formula is C19H21NO3S. The van der Waals surface area contributed by atoms with Crippen molar-refractivity contribution in [3.05, 3.63) is 53.1 Å². The largest absolute Gasteiger partial charge is 0.454 e. The first kappa shape index (κ1) is 16.7. The normalized spacial score (nSPS) is 13.6. The number of benzene rings is 2. The molecule has 1 amide bonds. The summed E-state index contributed by atoms with van der Waals surface area (Å²) in [5, 5.41) is 2.83. The van der Waals surface area contributed by atoms with E-state index >= 15 is 0 Å². The highest BCUT2D eigenvalue weighted by Crippen LogP contribution is 2.32. The zero-order valence-corrected chi connectivity index (χ0v) is 14.9. The first-order chi connectivity index (χ1) is 11.5. The van der Waals surface area contributed by atoms with Crippen LogP contribution in [0.1, 0.15) is 23.6 Å². The third kappa shape index (κ3) is 3.85. The molecule has 3 rings (SSSR count). The number of aryl methyl sites for hydroxylation is 2. The lowest BCUT2D eigenvalue weighted by atomic mass is 10.2. The molecule has 24 heavy (non-hydrogen) atoms. The summed E-state index contributed by atoms with van der Waals surface area (Å²) < 4.78 is 10.6. The van der Waals surface area contributed by atoms with Crippen molar-refractivity contribution in [2.75, 3.05) is 6.79 Å². The number of carbonyl (C=O) groups is 1. The number of hydrogen-bond donors (Lipinski definition) is 1. The summed E-state index contributed by atoms with van der Waals surface area (Å²) in [5.74, 6) is 1.51. The average Bonchev–Trinajstić information content (AvgIpc) is 3.02. The van der Waals surface area contributed by atoms with E-state index in [1.54, 1.807) is 11.8 Å². The molecule has 0 spiro atoms. The summed E-state index contributed by atoms with van der Waals surface area (Å²) in [4.78, 5) is 13.5. The molecule has 0 fully saturated rings. The van der Waals surface area contributed by atoms with Crippen LogP contribution in [0.15, 0.2) is 41.3 Å². The van der Waals surface area contributed by atoms with Gasteiger partial charge in [0.1, 0.15) is 0 Å². The summed E-state index contributed by atoms with van der Waals surface area (Å²) in [5.41, 5.74) is 3.43. The van der Waals surface area contributed by atoms with Gasteiger partial charge in [0.25, 0.3) is 0 Å². The van der Waals surface area contributed by atoms with Crippen LogP contribution in [-0.4, -0.2) is 18.0 Å². The highest BCUT2D eigenvalue weighted by atomic mass is 32.2. The van der Waals surface area contributed by atoms with Crippen molar-refractivity contribution in [1.29, 1.82) is 0 Å². The van der Waals surface area contributed by atoms with E-state index in [2.05, 4.69) is 37.4 Å². The quantitative estimate of drug-likeness (QED) is 0.838. The molecule has 4 nitrogen and oxygen atoms in total. The zero-order chi connectivity index (χ0) is 17.1. The Labute approximate surface area is 146 Å². The Hall–Kier alpha value is -2.14. The number of amides is 1. The number of nitrogens with one attached hydrogen (secondary N) is 1. The van der Waals surface area contributed by atoms with Gasteiger partial charge in [-0.3, -0.25) is 4.79 Å². The molecule has 2 aromatic rings. The van der Waals surface area contributed by atoms with E-state index in [4.69, 9.17) is 9.47 Å². The molecule has 0 aliphatic carbocycles. The number of carbonyl (C=O) groups excluding carboxylic acids is 1. The third-order valence-electron chi connectivity index (χ3n) is 3.91. The highest BCUT2D eigenvalue weighted by molar-refractivity contribution is 8.00. The Morgan fingerprint density at radius 1 is 1.17 bits per heavy atom. The molecule has 0 unspecified atom stereocenters. The molecule has 1 aliphatic rings. The molecule has 1 heterocycles. The summed E-state index contributed by atoms with van der Waals surface area (Å²) >= 11 is 1.59. The molecule has 1 N–H and O–H groups in total. The maximum atomic E-state index is 12.3. The number of ether oxygens (including phenoxy) is 2. The molecule has 0 saturated carbocycles. The minimum atomic E-state index is -0.152. The van der Waals surface area contributed by atoms with Gasteiger partial charge < -0.3 is 14.8 Å². The van der Waals surface area contributed by atoms with Gasteiger partial charge in [0.05, 0.1) is 5.25 Å². The van der Waals surface area contributed by atoms with Crippen molar-refractivity contribution in [3.8, 4) is 11.5 Å². The molecule has 1 atom stereocenters. The minimum absolute atomic E-state index is 0.0256. The van der Waals surface area contributed by atoms with E-state index in [9.17, 15) is 4.79 Å². The Kier molecular flexibility index (Phi) is 5.00. The van der Waals surface area contributed by atoms with Gasteiger partial charge >= 0.3 is 0 Å². The predicted molar refractivity (Wildman–Crippen MR) is 95.6 cm³/mol. The fourth-order valence-corrected chi connectivity index (χ4v) is 3.52. The average molecular weight is 343 g/mol. The lowest BCUT2D eigenvalue weighted by molar-refractivity contribution is -0.120. The second-order valence-electron chi connectivity index (χ2n) is 5.93. The van der Waals surface area contributed by atoms with Crippen LogP contribution >= 0.6 is 11.8 Å². The maximum Gasteiger partial charge on any atom is 0.233 e. The van der Waals surface area contributed by atoms with E-state index in [0.717, 1.165) is 22.0 Å². The molecule has 0 radical (unpaired) electrons. The molecule has 0 saturated heterocycles. The number of hydrogen-bond acceptors (Lipinski definition) is 4. The van der Waals surface area contributed by atoms with Crippen LogP contribution in [0.3, 0.4) is 0 Å². The molecule has 126 valence electrons. The summed E-state index contributed by atoms with van der Waals surface area (Å²) in [6.07, 6.45) is 0. The van der Waals surface area contributed by atoms with Crippen LogP contribution in [0.4, 0.5) is 0 Å². The lowest BCUT2D eigenvalue weighted by Gasteiger charge is -2.14. The zero-order valence-electron chi connectivity index (χ0n) is 14.1. The van der Waals surface area contributed by atoms with Crippen molar-refractivity contribution in [2.45, 2.75) is 37.5 Å². The molecule has 0 bridgehead atoms. The van der Waals surface area contributed by atoms with Crippen LogP contribution in [-0.2, 0) is 11.3 Å². The van der Waals surface area contributed by atoms with E-state index in [1.165, 1.54) is 11.1 Å². The predicted octanol–water partition coefficient (Wildman–Crippen LogP) is 3.83. The first-order valence-electron chi connectivity index (χ1n) is 7.93. The van der Waals surface area contributed by atoms with Gasteiger partial charge in [-0.15, -0.1) is 11.8 Å². The van der Waals surface area contributed by atoms with E-state index in [-0.39, 0.29) is 18.0 Å². The van der Waals surface area contributed by atoms with Crippen molar-refractivity contribution in [1.82, 2.24) is 5.32 Å². The van der Waals surface area contributed by atoms with E-state index < -0.39 is 0 Å². The van der Waals surface area contributed by atoms with Crippen LogP contribution in [0.2, 0.25) is 0 Å². The molecular weight excluding hydrogens is 322 g/mol. The van der Waals surface area contributed by atoms with Crippen molar-refractivity contribution in [3.63, 3.8) is 0 Å². The second-order valence-corrected chi connectivity index (χ2v) is 7.32. The van der Waals surface area contributed by atoms with Crippen LogP contribution in [0, 0.1) is 13.8 Å². The number of fused-ring (bicyclic) bond motifs is 1. The van der Waals surface area contributed by atoms with E-state index in [1.807, 2.05) is 25.1 Å². The fraction of sp³-hybridized carbons (Fsp3) is 0.316. The van der Waals surface area contributed by atoms with Crippen LogP contribution < -0.4 is 14.8 Å². The smallest absolute Gasteiger partial charge is 0.233 e. The molecule has 1 aliphatic heterocycles. The Balaban J connectivity index is 1.56. The maximum absolute atomic E-state index is 12.3. The van der Waals surface area contributed by atoms with Crippen LogP contribution in [0.5, 0.6) is 11.5 Å². The van der Waals surface area contributed by atoms with Crippen molar-refractivity contribution in [2.24, 2.45) is 0 Å². The third-order valence-corrected chi connectivity index (χ3v) is 5.19. The van der Waals surface area contributed by atoms with Gasteiger partial charge in [0.2, 0.25) is 12.7 Å². The molecule has 0 aromatic heterocycles.